The van der Waals surface area contributed by atoms with Crippen LogP contribution in [0.5, 0.6) is 0 Å². The van der Waals surface area contributed by atoms with Crippen molar-refractivity contribution in [3.8, 4) is 0 Å². The molecule has 0 radical (unpaired) electrons. The fourth-order valence-corrected chi connectivity index (χ4v) is 2.25. The fourth-order valence-electron chi connectivity index (χ4n) is 1.56. The van der Waals surface area contributed by atoms with E-state index in [0.717, 1.165) is 0 Å². The third kappa shape index (κ3) is 2.00. The minimum absolute atomic E-state index is 0.579. The zero-order chi connectivity index (χ0) is 10.0. The van der Waals surface area contributed by atoms with Crippen molar-refractivity contribution in [2.75, 3.05) is 0 Å². The number of rotatable bonds is 2. The van der Waals surface area contributed by atoms with E-state index >= 15 is 0 Å². The smallest absolute Gasteiger partial charge is 0.0479 e. The van der Waals surface area contributed by atoms with E-state index in [1.807, 2.05) is 0 Å². The lowest BCUT2D eigenvalue weighted by Gasteiger charge is -2.13. The third-order valence-corrected chi connectivity index (χ3v) is 3.20. The molecule has 0 bridgehead atoms. The number of hydrogen-bond acceptors (Lipinski definition) is 0. The van der Waals surface area contributed by atoms with Crippen LogP contribution in [0.15, 0.2) is 6.07 Å². The maximum Gasteiger partial charge on any atom is 0.0479 e. The molecule has 13 heavy (non-hydrogen) atoms. The minimum atomic E-state index is 0.579. The molecule has 0 nitrogen and oxygen atoms in total. The number of alkyl halides is 2. The van der Waals surface area contributed by atoms with E-state index < -0.39 is 0 Å². The van der Waals surface area contributed by atoms with E-state index in [0.29, 0.717) is 11.8 Å². The Morgan fingerprint density at radius 1 is 1.00 bits per heavy atom. The molecule has 2 heteroatoms. The highest BCUT2D eigenvalue weighted by Crippen LogP contribution is 2.24. The van der Waals surface area contributed by atoms with Crippen LogP contribution >= 0.6 is 23.2 Å². The first-order valence-electron chi connectivity index (χ1n) is 4.32. The molecule has 0 aliphatic carbocycles. The van der Waals surface area contributed by atoms with Gasteiger partial charge in [0.15, 0.2) is 0 Å². The molecular weight excluding hydrogens is 203 g/mol. The maximum absolute atomic E-state index is 5.87. The lowest BCUT2D eigenvalue weighted by Crippen LogP contribution is -1.97. The summed E-state index contributed by atoms with van der Waals surface area (Å²) in [5.41, 5.74) is 6.26. The lowest BCUT2D eigenvalue weighted by atomic mass is 9.95. The quantitative estimate of drug-likeness (QED) is 0.654. The van der Waals surface area contributed by atoms with Crippen LogP contribution in [0.4, 0.5) is 0 Å². The Bertz CT molecular complexity index is 316. The van der Waals surface area contributed by atoms with E-state index in [1.54, 1.807) is 0 Å². The Morgan fingerprint density at radius 3 is 2.08 bits per heavy atom. The van der Waals surface area contributed by atoms with Crippen LogP contribution in [0.25, 0.3) is 0 Å². The molecule has 0 N–H and O–H groups in total. The molecule has 1 aromatic rings. The van der Waals surface area contributed by atoms with Crippen molar-refractivity contribution in [1.29, 1.82) is 0 Å². The second-order valence-electron chi connectivity index (χ2n) is 3.35. The number of aryl methyl sites for hydroxylation is 1. The van der Waals surface area contributed by atoms with Gasteiger partial charge in [0.25, 0.3) is 0 Å². The van der Waals surface area contributed by atoms with Crippen LogP contribution in [-0.2, 0) is 11.8 Å². The van der Waals surface area contributed by atoms with Crippen LogP contribution in [0.2, 0.25) is 0 Å². The largest absolute Gasteiger partial charge is 0.122 e. The average molecular weight is 217 g/mol. The van der Waals surface area contributed by atoms with Gasteiger partial charge in [-0.3, -0.25) is 0 Å². The first-order valence-corrected chi connectivity index (χ1v) is 5.39. The topological polar surface area (TPSA) is 0 Å². The van der Waals surface area contributed by atoms with Crippen molar-refractivity contribution >= 4 is 23.2 Å². The highest BCUT2D eigenvalue weighted by Gasteiger charge is 2.08. The summed E-state index contributed by atoms with van der Waals surface area (Å²) < 4.78 is 0. The molecule has 0 saturated carbocycles. The summed E-state index contributed by atoms with van der Waals surface area (Å²) in [6.07, 6.45) is 0. The van der Waals surface area contributed by atoms with E-state index in [9.17, 15) is 0 Å². The van der Waals surface area contributed by atoms with Gasteiger partial charge in [0.2, 0.25) is 0 Å². The molecule has 0 amide bonds. The van der Waals surface area contributed by atoms with Gasteiger partial charge in [-0.2, -0.15) is 0 Å². The van der Waals surface area contributed by atoms with Crippen molar-refractivity contribution in [3.63, 3.8) is 0 Å². The molecule has 0 fully saturated rings. The third-order valence-electron chi connectivity index (χ3n) is 2.64. The van der Waals surface area contributed by atoms with Gasteiger partial charge in [0, 0.05) is 11.8 Å². The molecule has 72 valence electrons. The fraction of sp³-hybridized carbons (Fsp3) is 0.455. The monoisotopic (exact) mass is 216 g/mol. The number of hydrogen-bond donors (Lipinski definition) is 0. The number of halogens is 2. The zero-order valence-corrected chi connectivity index (χ0v) is 9.76. The van der Waals surface area contributed by atoms with Crippen LogP contribution in [-0.4, -0.2) is 0 Å². The Kier molecular flexibility index (Phi) is 3.63. The van der Waals surface area contributed by atoms with Gasteiger partial charge >= 0.3 is 0 Å². The number of benzene rings is 1. The summed E-state index contributed by atoms with van der Waals surface area (Å²) in [5, 5.41) is 0. The average Bonchev–Trinajstić information content (AvgIpc) is 2.12. The molecule has 0 atom stereocenters. The van der Waals surface area contributed by atoms with Crippen molar-refractivity contribution in [1.82, 2.24) is 0 Å². The van der Waals surface area contributed by atoms with Gasteiger partial charge in [0.05, 0.1) is 0 Å². The molecule has 0 unspecified atom stereocenters. The standard InChI is InChI=1S/C11H14Cl2/c1-7-4-10(5-12)8(2)9(3)11(7)6-13/h4H,5-6H2,1-3H3. The highest BCUT2D eigenvalue weighted by atomic mass is 35.5. The first kappa shape index (κ1) is 10.9. The van der Waals surface area contributed by atoms with E-state index in [2.05, 4.69) is 26.8 Å². The summed E-state index contributed by atoms with van der Waals surface area (Å²) in [6.45, 7) is 6.29. The van der Waals surface area contributed by atoms with Gasteiger partial charge in [0.1, 0.15) is 0 Å². The first-order chi connectivity index (χ1) is 6.11. The van der Waals surface area contributed by atoms with Crippen molar-refractivity contribution in [3.05, 3.63) is 33.9 Å². The SMILES string of the molecule is Cc1cc(CCl)c(C)c(C)c1CCl. The van der Waals surface area contributed by atoms with Gasteiger partial charge in [-0.25, -0.2) is 0 Å². The molecule has 0 aliphatic rings. The summed E-state index contributed by atoms with van der Waals surface area (Å²) in [5.74, 6) is 1.16. The minimum Gasteiger partial charge on any atom is -0.122 e. The highest BCUT2D eigenvalue weighted by molar-refractivity contribution is 6.17. The molecule has 0 spiro atoms. The summed E-state index contributed by atoms with van der Waals surface area (Å²) in [7, 11) is 0. The predicted molar refractivity (Wildman–Crippen MR) is 59.8 cm³/mol. The van der Waals surface area contributed by atoms with Gasteiger partial charge in [-0.05, 0) is 48.6 Å². The van der Waals surface area contributed by atoms with Crippen LogP contribution in [0.3, 0.4) is 0 Å². The lowest BCUT2D eigenvalue weighted by molar-refractivity contribution is 1.15. The zero-order valence-electron chi connectivity index (χ0n) is 8.25. The Hall–Kier alpha value is -0.200. The van der Waals surface area contributed by atoms with Crippen LogP contribution in [0, 0.1) is 20.8 Å². The Labute approximate surface area is 89.9 Å². The molecule has 1 rings (SSSR count). The molecular formula is C11H14Cl2. The summed E-state index contributed by atoms with van der Waals surface area (Å²) in [4.78, 5) is 0. The van der Waals surface area contributed by atoms with Crippen molar-refractivity contribution in [2.24, 2.45) is 0 Å². The molecule has 0 aromatic heterocycles. The van der Waals surface area contributed by atoms with Gasteiger partial charge < -0.3 is 0 Å². The Balaban J connectivity index is 3.37. The molecule has 1 aromatic carbocycles. The molecule has 0 heterocycles. The van der Waals surface area contributed by atoms with Gasteiger partial charge in [-0.15, -0.1) is 23.2 Å². The summed E-state index contributed by atoms with van der Waals surface area (Å²) in [6, 6.07) is 2.13. The van der Waals surface area contributed by atoms with E-state index in [-0.39, 0.29) is 0 Å². The molecule has 0 aliphatic heterocycles. The van der Waals surface area contributed by atoms with E-state index in [4.69, 9.17) is 23.2 Å². The molecule has 0 saturated heterocycles. The second-order valence-corrected chi connectivity index (χ2v) is 3.88. The van der Waals surface area contributed by atoms with Crippen LogP contribution in [0.1, 0.15) is 27.8 Å². The van der Waals surface area contributed by atoms with Gasteiger partial charge in [-0.1, -0.05) is 6.07 Å². The van der Waals surface area contributed by atoms with E-state index in [1.165, 1.54) is 27.8 Å². The second kappa shape index (κ2) is 4.34. The van der Waals surface area contributed by atoms with Crippen molar-refractivity contribution in [2.45, 2.75) is 32.5 Å². The Morgan fingerprint density at radius 2 is 1.62 bits per heavy atom. The van der Waals surface area contributed by atoms with Crippen LogP contribution < -0.4 is 0 Å². The van der Waals surface area contributed by atoms with Crippen molar-refractivity contribution < 1.29 is 0 Å². The normalized spacial score (nSPS) is 10.5. The predicted octanol–water partition coefficient (Wildman–Crippen LogP) is 4.09. The summed E-state index contributed by atoms with van der Waals surface area (Å²) >= 11 is 11.7. The maximum atomic E-state index is 5.87.